The molecule has 1 aromatic heterocycles. The van der Waals surface area contributed by atoms with Gasteiger partial charge in [-0.1, -0.05) is 0 Å². The average molecular weight is 257 g/mol. The second kappa shape index (κ2) is 4.79. The van der Waals surface area contributed by atoms with E-state index < -0.39 is 17.5 Å². The highest BCUT2D eigenvalue weighted by atomic mass is 32.1. The van der Waals surface area contributed by atoms with Crippen molar-refractivity contribution in [1.29, 1.82) is 0 Å². The summed E-state index contributed by atoms with van der Waals surface area (Å²) in [5.41, 5.74) is 0.229. The third-order valence-corrected chi connectivity index (χ3v) is 3.25. The zero-order valence-corrected chi connectivity index (χ0v) is 9.88. The van der Waals surface area contributed by atoms with Crippen LogP contribution in [-0.2, 0) is 6.54 Å². The highest BCUT2D eigenvalue weighted by Gasteiger charge is 2.10. The molecule has 0 saturated carbocycles. The number of aryl methyl sites for hydroxylation is 1. The van der Waals surface area contributed by atoms with Gasteiger partial charge in [-0.25, -0.2) is 13.2 Å². The maximum atomic E-state index is 12.9. The van der Waals surface area contributed by atoms with Crippen molar-refractivity contribution in [1.82, 2.24) is 0 Å². The minimum Gasteiger partial charge on any atom is -0.380 e. The average Bonchev–Trinajstić information content (AvgIpc) is 2.69. The van der Waals surface area contributed by atoms with Crippen LogP contribution in [-0.4, -0.2) is 0 Å². The fourth-order valence-electron chi connectivity index (χ4n) is 1.43. The van der Waals surface area contributed by atoms with Crippen molar-refractivity contribution in [3.8, 4) is 0 Å². The van der Waals surface area contributed by atoms with Gasteiger partial charge in [0.25, 0.3) is 0 Å². The molecule has 5 heteroatoms. The van der Waals surface area contributed by atoms with Crippen molar-refractivity contribution in [2.75, 3.05) is 5.32 Å². The zero-order valence-electron chi connectivity index (χ0n) is 9.06. The number of anilines is 1. The molecule has 17 heavy (non-hydrogen) atoms. The van der Waals surface area contributed by atoms with Gasteiger partial charge in [0.1, 0.15) is 0 Å². The first-order valence-corrected chi connectivity index (χ1v) is 5.81. The number of benzene rings is 1. The Labute approximate surface area is 101 Å². The second-order valence-corrected chi connectivity index (χ2v) is 4.99. The smallest absolute Gasteiger partial charge is 0.194 e. The van der Waals surface area contributed by atoms with Gasteiger partial charge in [-0.05, 0) is 19.1 Å². The normalized spacial score (nSPS) is 10.6. The molecule has 0 radical (unpaired) electrons. The van der Waals surface area contributed by atoms with Crippen molar-refractivity contribution in [2.24, 2.45) is 0 Å². The number of halogens is 3. The van der Waals surface area contributed by atoms with Crippen LogP contribution in [0.4, 0.5) is 18.9 Å². The van der Waals surface area contributed by atoms with Gasteiger partial charge in [0.05, 0.1) is 0 Å². The predicted molar refractivity (Wildman–Crippen MR) is 62.7 cm³/mol. The first-order chi connectivity index (χ1) is 8.06. The molecule has 0 spiro atoms. The molecular weight excluding hydrogens is 247 g/mol. The minimum atomic E-state index is -1.44. The Bertz CT molecular complexity index is 513. The molecule has 0 saturated heterocycles. The summed E-state index contributed by atoms with van der Waals surface area (Å²) in [5, 5.41) is 2.85. The third kappa shape index (κ3) is 2.79. The van der Waals surface area contributed by atoms with Crippen molar-refractivity contribution < 1.29 is 13.2 Å². The highest BCUT2D eigenvalue weighted by Crippen LogP contribution is 2.20. The number of hydrogen-bond acceptors (Lipinski definition) is 2. The van der Waals surface area contributed by atoms with Crippen LogP contribution in [0.2, 0.25) is 0 Å². The first kappa shape index (κ1) is 12.0. The van der Waals surface area contributed by atoms with Crippen LogP contribution in [0.3, 0.4) is 0 Å². The maximum absolute atomic E-state index is 12.9. The lowest BCUT2D eigenvalue weighted by atomic mass is 10.3. The van der Waals surface area contributed by atoms with Gasteiger partial charge in [-0.2, -0.15) is 0 Å². The van der Waals surface area contributed by atoms with E-state index >= 15 is 0 Å². The minimum absolute atomic E-state index is 0.229. The van der Waals surface area contributed by atoms with E-state index in [1.54, 1.807) is 11.3 Å². The van der Waals surface area contributed by atoms with Gasteiger partial charge in [-0.3, -0.25) is 0 Å². The maximum Gasteiger partial charge on any atom is 0.194 e. The van der Waals surface area contributed by atoms with Gasteiger partial charge in [0, 0.05) is 34.1 Å². The quantitative estimate of drug-likeness (QED) is 0.817. The third-order valence-electron chi connectivity index (χ3n) is 2.25. The van der Waals surface area contributed by atoms with Crippen LogP contribution in [0.5, 0.6) is 0 Å². The Balaban J connectivity index is 2.09. The lowest BCUT2D eigenvalue weighted by Gasteiger charge is -2.05. The molecule has 0 unspecified atom stereocenters. The SMILES string of the molecule is Cc1ccc(CNc2cc(F)c(F)c(F)c2)s1. The highest BCUT2D eigenvalue weighted by molar-refractivity contribution is 7.11. The summed E-state index contributed by atoms with van der Waals surface area (Å²) in [6, 6.07) is 5.79. The van der Waals surface area contributed by atoms with E-state index in [9.17, 15) is 13.2 Å². The molecule has 0 fully saturated rings. The zero-order chi connectivity index (χ0) is 12.4. The summed E-state index contributed by atoms with van der Waals surface area (Å²) >= 11 is 1.59. The van der Waals surface area contributed by atoms with E-state index in [2.05, 4.69) is 5.32 Å². The fourth-order valence-corrected chi connectivity index (χ4v) is 2.26. The molecule has 0 aliphatic carbocycles. The molecule has 2 rings (SSSR count). The van der Waals surface area contributed by atoms with Crippen molar-refractivity contribution in [2.45, 2.75) is 13.5 Å². The molecule has 0 atom stereocenters. The van der Waals surface area contributed by atoms with Crippen LogP contribution in [0.1, 0.15) is 9.75 Å². The molecule has 2 aromatic rings. The lowest BCUT2D eigenvalue weighted by Crippen LogP contribution is -2.00. The largest absolute Gasteiger partial charge is 0.380 e. The topological polar surface area (TPSA) is 12.0 Å². The first-order valence-electron chi connectivity index (χ1n) is 5.00. The molecule has 0 amide bonds. The van der Waals surface area contributed by atoms with E-state index in [-0.39, 0.29) is 5.69 Å². The molecule has 0 aliphatic rings. The number of hydrogen-bond donors (Lipinski definition) is 1. The predicted octanol–water partition coefficient (Wildman–Crippen LogP) is 4.09. The van der Waals surface area contributed by atoms with Crippen LogP contribution < -0.4 is 5.32 Å². The summed E-state index contributed by atoms with van der Waals surface area (Å²) in [4.78, 5) is 2.21. The Morgan fingerprint density at radius 1 is 1.12 bits per heavy atom. The van der Waals surface area contributed by atoms with E-state index in [0.717, 1.165) is 17.0 Å². The molecule has 1 aromatic carbocycles. The van der Waals surface area contributed by atoms with Gasteiger partial charge in [0.2, 0.25) is 0 Å². The summed E-state index contributed by atoms with van der Waals surface area (Å²) in [6.45, 7) is 2.44. The summed E-state index contributed by atoms with van der Waals surface area (Å²) in [6.07, 6.45) is 0. The monoisotopic (exact) mass is 257 g/mol. The van der Waals surface area contributed by atoms with Crippen LogP contribution in [0.25, 0.3) is 0 Å². The Hall–Kier alpha value is -1.49. The van der Waals surface area contributed by atoms with Crippen molar-refractivity contribution >= 4 is 17.0 Å². The van der Waals surface area contributed by atoms with Gasteiger partial charge < -0.3 is 5.32 Å². The summed E-state index contributed by atoms with van der Waals surface area (Å²) in [7, 11) is 0. The standard InChI is InChI=1S/C12H10F3NS/c1-7-2-3-9(17-7)6-16-8-4-10(13)12(15)11(14)5-8/h2-5,16H,6H2,1H3. The summed E-state index contributed by atoms with van der Waals surface area (Å²) in [5.74, 6) is -3.81. The summed E-state index contributed by atoms with van der Waals surface area (Å²) < 4.78 is 38.5. The fraction of sp³-hybridized carbons (Fsp3) is 0.167. The number of nitrogens with one attached hydrogen (secondary N) is 1. The van der Waals surface area contributed by atoms with E-state index in [0.29, 0.717) is 6.54 Å². The number of rotatable bonds is 3. The molecule has 1 N–H and O–H groups in total. The van der Waals surface area contributed by atoms with Crippen LogP contribution in [0.15, 0.2) is 24.3 Å². The van der Waals surface area contributed by atoms with E-state index in [1.165, 1.54) is 4.88 Å². The van der Waals surface area contributed by atoms with Crippen molar-refractivity contribution in [3.05, 3.63) is 51.5 Å². The van der Waals surface area contributed by atoms with Crippen LogP contribution >= 0.6 is 11.3 Å². The van der Waals surface area contributed by atoms with Gasteiger partial charge >= 0.3 is 0 Å². The van der Waals surface area contributed by atoms with Crippen LogP contribution in [0, 0.1) is 24.4 Å². The number of thiophene rings is 1. The molecule has 1 nitrogen and oxygen atoms in total. The van der Waals surface area contributed by atoms with E-state index in [4.69, 9.17) is 0 Å². The van der Waals surface area contributed by atoms with Crippen molar-refractivity contribution in [3.63, 3.8) is 0 Å². The molecular formula is C12H10F3NS. The van der Waals surface area contributed by atoms with Gasteiger partial charge in [0.15, 0.2) is 17.5 Å². The molecule has 90 valence electrons. The lowest BCUT2D eigenvalue weighted by molar-refractivity contribution is 0.447. The molecule has 0 bridgehead atoms. The second-order valence-electron chi connectivity index (χ2n) is 3.62. The Morgan fingerprint density at radius 2 is 1.76 bits per heavy atom. The molecule has 1 heterocycles. The van der Waals surface area contributed by atoms with Gasteiger partial charge in [-0.15, -0.1) is 11.3 Å². The molecule has 0 aliphatic heterocycles. The Kier molecular flexibility index (Phi) is 3.38. The Morgan fingerprint density at radius 3 is 2.29 bits per heavy atom. The van der Waals surface area contributed by atoms with E-state index in [1.807, 2.05) is 19.1 Å².